The molecule has 1 aromatic carbocycles. The van der Waals surface area contributed by atoms with E-state index in [0.29, 0.717) is 15.8 Å². The zero-order chi connectivity index (χ0) is 13.4. The molecule has 0 unspecified atom stereocenters. The summed E-state index contributed by atoms with van der Waals surface area (Å²) in [4.78, 5) is 14.5. The van der Waals surface area contributed by atoms with Gasteiger partial charge >= 0.3 is 0 Å². The fraction of sp³-hybridized carbons (Fsp3) is 0.167. The van der Waals surface area contributed by atoms with E-state index in [4.69, 9.17) is 0 Å². The molecule has 0 spiro atoms. The lowest BCUT2D eigenvalue weighted by molar-refractivity contribution is 0.0991. The Bertz CT molecular complexity index is 733. The monoisotopic (exact) mass is 273 g/mol. The van der Waals surface area contributed by atoms with Crippen LogP contribution < -0.4 is 4.90 Å². The van der Waals surface area contributed by atoms with E-state index in [2.05, 4.69) is 15.3 Å². The van der Waals surface area contributed by atoms with E-state index in [1.807, 2.05) is 30.3 Å². The van der Waals surface area contributed by atoms with Crippen LogP contribution in [-0.2, 0) is 0 Å². The summed E-state index contributed by atoms with van der Waals surface area (Å²) in [6.07, 6.45) is 0. The van der Waals surface area contributed by atoms with Crippen molar-refractivity contribution in [2.75, 3.05) is 11.9 Å². The van der Waals surface area contributed by atoms with Gasteiger partial charge in [-0.3, -0.25) is 4.79 Å². The molecular weight excluding hydrogens is 262 g/mol. The van der Waals surface area contributed by atoms with Crippen LogP contribution in [0.2, 0.25) is 0 Å². The van der Waals surface area contributed by atoms with Crippen LogP contribution in [0.15, 0.2) is 30.3 Å². The fourth-order valence-corrected chi connectivity index (χ4v) is 2.57. The number of hydrogen-bond acceptors (Lipinski definition) is 5. The van der Waals surface area contributed by atoms with Crippen molar-refractivity contribution in [3.8, 4) is 0 Å². The maximum atomic E-state index is 12.3. The van der Waals surface area contributed by atoms with Crippen LogP contribution >= 0.6 is 11.3 Å². The average molecular weight is 273 g/mol. The minimum Gasteiger partial charge on any atom is -0.309 e. The molecule has 0 fully saturated rings. The first-order valence-electron chi connectivity index (χ1n) is 5.69. The van der Waals surface area contributed by atoms with Crippen molar-refractivity contribution in [3.05, 3.63) is 41.2 Å². The Hall–Kier alpha value is -2.28. The quantitative estimate of drug-likeness (QED) is 0.714. The number of nitrogens with zero attached hydrogens (tertiary/aromatic N) is 5. The van der Waals surface area contributed by atoms with Crippen LogP contribution in [-0.4, -0.2) is 32.8 Å². The van der Waals surface area contributed by atoms with Crippen LogP contribution in [0.25, 0.3) is 4.96 Å². The van der Waals surface area contributed by atoms with Gasteiger partial charge in [-0.05, 0) is 19.1 Å². The number of carbonyl (C=O) groups is 1. The molecule has 0 saturated carbocycles. The molecule has 96 valence electrons. The molecule has 2 heterocycles. The summed E-state index contributed by atoms with van der Waals surface area (Å²) in [5.41, 5.74) is 0.829. The molecule has 2 aromatic heterocycles. The molecule has 0 aliphatic heterocycles. The summed E-state index contributed by atoms with van der Waals surface area (Å²) in [6.45, 7) is 1.80. The molecule has 7 heteroatoms. The molecule has 0 bridgehead atoms. The summed E-state index contributed by atoms with van der Waals surface area (Å²) in [6, 6.07) is 9.45. The van der Waals surface area contributed by atoms with Crippen molar-refractivity contribution in [2.24, 2.45) is 0 Å². The zero-order valence-corrected chi connectivity index (χ0v) is 11.3. The highest BCUT2D eigenvalue weighted by atomic mass is 32.1. The highest BCUT2D eigenvalue weighted by molar-refractivity contribution is 7.18. The second-order valence-electron chi connectivity index (χ2n) is 4.05. The Morgan fingerprint density at radius 3 is 2.68 bits per heavy atom. The van der Waals surface area contributed by atoms with Crippen LogP contribution in [0, 0.1) is 6.92 Å². The number of carbonyl (C=O) groups excluding carboxylic acids is 1. The number of aryl methyl sites for hydroxylation is 1. The van der Waals surface area contributed by atoms with E-state index in [1.165, 1.54) is 11.3 Å². The smallest absolute Gasteiger partial charge is 0.288 e. The number of para-hydroxylation sites is 1. The Labute approximate surface area is 113 Å². The number of benzene rings is 1. The largest absolute Gasteiger partial charge is 0.309 e. The Balaban J connectivity index is 1.95. The topological polar surface area (TPSA) is 63.4 Å². The summed E-state index contributed by atoms with van der Waals surface area (Å²) in [5.74, 6) is 0.522. The second-order valence-corrected chi connectivity index (χ2v) is 5.00. The van der Waals surface area contributed by atoms with Crippen molar-refractivity contribution in [3.63, 3.8) is 0 Å². The van der Waals surface area contributed by atoms with E-state index >= 15 is 0 Å². The fourth-order valence-electron chi connectivity index (χ4n) is 1.71. The number of hydrogen-bond donors (Lipinski definition) is 0. The number of amides is 1. The van der Waals surface area contributed by atoms with Crippen LogP contribution in [0.1, 0.15) is 15.6 Å². The van der Waals surface area contributed by atoms with Crippen molar-refractivity contribution >= 4 is 27.9 Å². The maximum Gasteiger partial charge on any atom is 0.288 e. The first-order valence-corrected chi connectivity index (χ1v) is 6.50. The highest BCUT2D eigenvalue weighted by Gasteiger charge is 2.19. The zero-order valence-electron chi connectivity index (χ0n) is 10.4. The van der Waals surface area contributed by atoms with Gasteiger partial charge in [-0.1, -0.05) is 29.5 Å². The predicted octanol–water partition coefficient (Wildman–Crippen LogP) is 1.77. The number of fused-ring (bicyclic) bond motifs is 1. The number of aromatic nitrogens is 4. The lowest BCUT2D eigenvalue weighted by Crippen LogP contribution is -2.26. The molecule has 3 aromatic rings. The summed E-state index contributed by atoms with van der Waals surface area (Å²) in [5, 5.41) is 12.5. The molecule has 6 nitrogen and oxygen atoms in total. The molecule has 1 amide bonds. The first-order chi connectivity index (χ1) is 9.16. The third-order valence-corrected chi connectivity index (χ3v) is 3.66. The highest BCUT2D eigenvalue weighted by Crippen LogP contribution is 2.19. The van der Waals surface area contributed by atoms with Crippen molar-refractivity contribution in [2.45, 2.75) is 6.92 Å². The van der Waals surface area contributed by atoms with E-state index in [9.17, 15) is 4.79 Å². The lowest BCUT2D eigenvalue weighted by atomic mass is 10.3. The average Bonchev–Trinajstić information content (AvgIpc) is 3.01. The molecule has 0 aliphatic rings. The summed E-state index contributed by atoms with van der Waals surface area (Å²) in [7, 11) is 1.73. The van der Waals surface area contributed by atoms with Crippen molar-refractivity contribution in [1.82, 2.24) is 19.8 Å². The van der Waals surface area contributed by atoms with E-state index < -0.39 is 0 Å². The standard InChI is InChI=1S/C12H11N5OS/c1-8-13-14-12-17(8)15-10(19-12)11(18)16(2)9-6-4-3-5-7-9/h3-7H,1-2H3. The van der Waals surface area contributed by atoms with E-state index in [-0.39, 0.29) is 5.91 Å². The van der Waals surface area contributed by atoms with Gasteiger partial charge < -0.3 is 4.90 Å². The van der Waals surface area contributed by atoms with Gasteiger partial charge in [-0.15, -0.1) is 15.3 Å². The molecule has 0 radical (unpaired) electrons. The third-order valence-electron chi connectivity index (χ3n) is 2.78. The van der Waals surface area contributed by atoms with Gasteiger partial charge in [0.1, 0.15) is 0 Å². The molecule has 0 atom stereocenters. The van der Waals surface area contributed by atoms with Crippen LogP contribution in [0.5, 0.6) is 0 Å². The van der Waals surface area contributed by atoms with E-state index in [0.717, 1.165) is 5.69 Å². The first kappa shape index (κ1) is 11.8. The second kappa shape index (κ2) is 4.43. The van der Waals surface area contributed by atoms with Gasteiger partial charge in [0.05, 0.1) is 0 Å². The number of anilines is 1. The normalized spacial score (nSPS) is 10.8. The van der Waals surface area contributed by atoms with Gasteiger partial charge in [0.15, 0.2) is 5.82 Å². The SMILES string of the molecule is Cc1nnc2sc(C(=O)N(C)c3ccccc3)nn12. The van der Waals surface area contributed by atoms with Crippen molar-refractivity contribution < 1.29 is 4.79 Å². The maximum absolute atomic E-state index is 12.3. The minimum absolute atomic E-state index is 0.152. The van der Waals surface area contributed by atoms with Gasteiger partial charge in [-0.2, -0.15) is 4.52 Å². The van der Waals surface area contributed by atoms with Gasteiger partial charge in [0.25, 0.3) is 5.91 Å². The Kier molecular flexibility index (Phi) is 2.75. The summed E-state index contributed by atoms with van der Waals surface area (Å²) >= 11 is 1.24. The Morgan fingerprint density at radius 2 is 2.00 bits per heavy atom. The molecule has 19 heavy (non-hydrogen) atoms. The minimum atomic E-state index is -0.152. The van der Waals surface area contributed by atoms with E-state index in [1.54, 1.807) is 23.4 Å². The van der Waals surface area contributed by atoms with Crippen LogP contribution in [0.4, 0.5) is 5.69 Å². The molecular formula is C12H11N5OS. The third kappa shape index (κ3) is 1.97. The number of rotatable bonds is 2. The van der Waals surface area contributed by atoms with Gasteiger partial charge in [0, 0.05) is 12.7 Å². The molecule has 0 saturated heterocycles. The molecule has 0 aliphatic carbocycles. The lowest BCUT2D eigenvalue weighted by Gasteiger charge is -2.14. The van der Waals surface area contributed by atoms with Gasteiger partial charge in [-0.25, -0.2) is 0 Å². The van der Waals surface area contributed by atoms with Gasteiger partial charge in [0.2, 0.25) is 9.97 Å². The van der Waals surface area contributed by atoms with Crippen LogP contribution in [0.3, 0.4) is 0 Å². The van der Waals surface area contributed by atoms with Crippen molar-refractivity contribution in [1.29, 1.82) is 0 Å². The molecule has 3 rings (SSSR count). The predicted molar refractivity (Wildman–Crippen MR) is 72.6 cm³/mol. The molecule has 0 N–H and O–H groups in total. The summed E-state index contributed by atoms with van der Waals surface area (Å²) < 4.78 is 1.58. The Morgan fingerprint density at radius 1 is 1.26 bits per heavy atom.